The summed E-state index contributed by atoms with van der Waals surface area (Å²) in [5, 5.41) is 10.4. The molecule has 1 aromatic carbocycles. The molecule has 1 N–H and O–H groups in total. The van der Waals surface area contributed by atoms with E-state index in [0.29, 0.717) is 12.8 Å². The van der Waals surface area contributed by atoms with Crippen LogP contribution in [0.15, 0.2) is 48.6 Å². The predicted molar refractivity (Wildman–Crippen MR) is 93.5 cm³/mol. The summed E-state index contributed by atoms with van der Waals surface area (Å²) in [4.78, 5) is 8.88. The Balaban J connectivity index is 1.51. The molecular weight excluding hydrogens is 305 g/mol. The average Bonchev–Trinajstić information content (AvgIpc) is 2.72. The van der Waals surface area contributed by atoms with Gasteiger partial charge in [-0.15, -0.1) is 0 Å². The molecule has 0 saturated carbocycles. The summed E-state index contributed by atoms with van der Waals surface area (Å²) >= 11 is 0. The monoisotopic (exact) mass is 333 g/mol. The third kappa shape index (κ3) is 4.52. The summed E-state index contributed by atoms with van der Waals surface area (Å²) in [5.74, 6) is -0.214. The van der Waals surface area contributed by atoms with Crippen LogP contribution in [0.1, 0.15) is 30.0 Å². The van der Waals surface area contributed by atoms with Crippen LogP contribution in [0, 0.1) is 5.82 Å². The average molecular weight is 333 g/mol. The Hall–Kier alpha value is -1.98. The Morgan fingerprint density at radius 3 is 2.58 bits per heavy atom. The number of aliphatic hydroxyl groups excluding tert-OH is 1. The van der Waals surface area contributed by atoms with Gasteiger partial charge < -0.3 is 10.0 Å². The lowest BCUT2D eigenvalue weighted by Gasteiger charge is -2.35. The predicted octanol–water partition coefficient (Wildman–Crippen LogP) is 2.86. The number of aromatic nitrogens is 1. The second kappa shape index (κ2) is 8.22. The molecule has 5 heteroatoms. The molecule has 0 aliphatic carbocycles. The number of halogens is 1. The molecule has 3 rings (SSSR count). The fourth-order valence-electron chi connectivity index (χ4n) is 2.87. The summed E-state index contributed by atoms with van der Waals surface area (Å²) < 4.78 is 44.4. The van der Waals surface area contributed by atoms with Crippen molar-refractivity contribution in [1.29, 1.82) is 0 Å². The molecule has 1 unspecified atom stereocenters. The van der Waals surface area contributed by atoms with Gasteiger partial charge in [0, 0.05) is 32.4 Å². The van der Waals surface area contributed by atoms with Crippen LogP contribution in [0.3, 0.4) is 0 Å². The molecule has 1 aromatic heterocycles. The van der Waals surface area contributed by atoms with Gasteiger partial charge >= 0.3 is 0 Å². The van der Waals surface area contributed by atoms with E-state index in [1.165, 1.54) is 0 Å². The van der Waals surface area contributed by atoms with Gasteiger partial charge in [-0.3, -0.25) is 4.90 Å². The summed E-state index contributed by atoms with van der Waals surface area (Å²) in [6.07, 6.45) is 1.57. The van der Waals surface area contributed by atoms with E-state index in [-0.39, 0.29) is 5.56 Å². The molecular formula is C19H24FN3O. The van der Waals surface area contributed by atoms with Crippen LogP contribution in [0.5, 0.6) is 0 Å². The van der Waals surface area contributed by atoms with E-state index in [4.69, 9.17) is 5.48 Å². The number of hydrogen-bond acceptors (Lipinski definition) is 4. The van der Waals surface area contributed by atoms with Crippen molar-refractivity contribution >= 4 is 5.82 Å². The molecule has 1 fully saturated rings. The number of nitrogens with zero attached hydrogens (tertiary/aromatic N) is 3. The maximum atomic E-state index is 13.6. The number of rotatable bonds is 6. The van der Waals surface area contributed by atoms with Gasteiger partial charge in [0.05, 0.1) is 11.6 Å². The number of pyridine rings is 1. The molecule has 0 radical (unpaired) electrons. The fourth-order valence-corrected chi connectivity index (χ4v) is 2.87. The van der Waals surface area contributed by atoms with E-state index in [9.17, 15) is 9.50 Å². The van der Waals surface area contributed by atoms with Gasteiger partial charge in [0.2, 0.25) is 0 Å². The highest BCUT2D eigenvalue weighted by molar-refractivity contribution is 5.38. The molecule has 2 aromatic rings. The lowest BCUT2D eigenvalue weighted by Crippen LogP contribution is -2.46. The van der Waals surface area contributed by atoms with Crippen molar-refractivity contribution in [1.82, 2.24) is 9.88 Å². The van der Waals surface area contributed by atoms with Gasteiger partial charge in [0.1, 0.15) is 11.6 Å². The van der Waals surface area contributed by atoms with Crippen molar-refractivity contribution in [2.75, 3.05) is 37.6 Å². The van der Waals surface area contributed by atoms with Crippen molar-refractivity contribution < 1.29 is 15.0 Å². The van der Waals surface area contributed by atoms with E-state index in [1.807, 2.05) is 18.2 Å². The third-order valence-electron chi connectivity index (χ3n) is 4.24. The fraction of sp³-hybridized carbons (Fsp3) is 0.421. The van der Waals surface area contributed by atoms with Gasteiger partial charge in [0.25, 0.3) is 0 Å². The van der Waals surface area contributed by atoms with Gasteiger partial charge in [-0.2, -0.15) is 0 Å². The first-order valence-electron chi connectivity index (χ1n) is 10.2. The highest BCUT2D eigenvalue weighted by Crippen LogP contribution is 2.19. The van der Waals surface area contributed by atoms with Gasteiger partial charge in [-0.05, 0) is 49.2 Å². The van der Waals surface area contributed by atoms with Crippen LogP contribution >= 0.6 is 0 Å². The minimum atomic E-state index is -1.18. The van der Waals surface area contributed by atoms with Crippen LogP contribution < -0.4 is 4.90 Å². The SMILES string of the molecule is [2H]c1c([2H])c(C(O)CCCN2CCN(c3ccccn3)CC2)c([2H])c([2H])c1F. The molecule has 1 aliphatic heterocycles. The molecule has 128 valence electrons. The Bertz CT molecular complexity index is 788. The molecule has 1 atom stereocenters. The maximum Gasteiger partial charge on any atom is 0.128 e. The van der Waals surface area contributed by atoms with Crippen LogP contribution in [0.2, 0.25) is 0 Å². The smallest absolute Gasteiger partial charge is 0.128 e. The Morgan fingerprint density at radius 2 is 1.92 bits per heavy atom. The second-order valence-corrected chi connectivity index (χ2v) is 5.90. The van der Waals surface area contributed by atoms with E-state index < -0.39 is 36.1 Å². The summed E-state index contributed by atoms with van der Waals surface area (Å²) in [5.41, 5.74) is -0.128. The number of benzene rings is 1. The number of anilines is 1. The molecule has 24 heavy (non-hydrogen) atoms. The van der Waals surface area contributed by atoms with Crippen molar-refractivity contribution in [2.24, 2.45) is 0 Å². The van der Waals surface area contributed by atoms with Gasteiger partial charge in [-0.25, -0.2) is 9.37 Å². The van der Waals surface area contributed by atoms with Crippen LogP contribution in [0.4, 0.5) is 10.2 Å². The minimum Gasteiger partial charge on any atom is -0.388 e. The second-order valence-electron chi connectivity index (χ2n) is 5.90. The van der Waals surface area contributed by atoms with Gasteiger partial charge in [-0.1, -0.05) is 18.2 Å². The topological polar surface area (TPSA) is 39.6 Å². The van der Waals surface area contributed by atoms with Crippen LogP contribution in [-0.4, -0.2) is 47.7 Å². The number of hydrogen-bond donors (Lipinski definition) is 1. The molecule has 1 aliphatic rings. The normalized spacial score (nSPS) is 19.3. The van der Waals surface area contributed by atoms with E-state index in [2.05, 4.69) is 14.8 Å². The first kappa shape index (κ1) is 12.4. The Morgan fingerprint density at radius 1 is 1.17 bits per heavy atom. The lowest BCUT2D eigenvalue weighted by molar-refractivity contribution is 0.154. The van der Waals surface area contributed by atoms with Crippen molar-refractivity contribution in [3.63, 3.8) is 0 Å². The highest BCUT2D eigenvalue weighted by Gasteiger charge is 2.17. The zero-order valence-corrected chi connectivity index (χ0v) is 13.5. The van der Waals surface area contributed by atoms with E-state index in [0.717, 1.165) is 38.5 Å². The van der Waals surface area contributed by atoms with Crippen LogP contribution in [0.25, 0.3) is 0 Å². The van der Waals surface area contributed by atoms with Crippen molar-refractivity contribution in [3.8, 4) is 0 Å². The van der Waals surface area contributed by atoms with E-state index >= 15 is 0 Å². The van der Waals surface area contributed by atoms with Crippen molar-refractivity contribution in [2.45, 2.75) is 18.9 Å². The molecule has 2 heterocycles. The standard InChI is InChI=1S/C19H24FN3O/c20-17-8-6-16(7-9-17)18(24)4-3-11-22-12-14-23(15-13-22)19-5-1-2-10-21-19/h1-2,5-10,18,24H,3-4,11-15H2/i6D,7D,8D,9D. The van der Waals surface area contributed by atoms with E-state index in [1.54, 1.807) is 6.20 Å². The largest absolute Gasteiger partial charge is 0.388 e. The number of aliphatic hydroxyl groups is 1. The molecule has 0 bridgehead atoms. The molecule has 0 amide bonds. The third-order valence-corrected chi connectivity index (χ3v) is 4.24. The molecule has 4 nitrogen and oxygen atoms in total. The Labute approximate surface area is 148 Å². The summed E-state index contributed by atoms with van der Waals surface area (Å²) in [6, 6.07) is 3.37. The zero-order chi connectivity index (χ0) is 20.3. The minimum absolute atomic E-state index is 0.128. The summed E-state index contributed by atoms with van der Waals surface area (Å²) in [6.45, 7) is 4.26. The lowest BCUT2D eigenvalue weighted by atomic mass is 10.0. The molecule has 0 spiro atoms. The Kier molecular flexibility index (Phi) is 4.24. The first-order valence-corrected chi connectivity index (χ1v) is 8.22. The molecule has 1 saturated heterocycles. The zero-order valence-electron chi connectivity index (χ0n) is 17.5. The van der Waals surface area contributed by atoms with Crippen molar-refractivity contribution in [3.05, 3.63) is 59.9 Å². The maximum absolute atomic E-state index is 13.6. The quantitative estimate of drug-likeness (QED) is 0.882. The highest BCUT2D eigenvalue weighted by atomic mass is 19.1. The summed E-state index contributed by atoms with van der Waals surface area (Å²) in [7, 11) is 0. The first-order chi connectivity index (χ1) is 13.4. The van der Waals surface area contributed by atoms with Crippen LogP contribution in [-0.2, 0) is 0 Å². The van der Waals surface area contributed by atoms with Gasteiger partial charge in [0.15, 0.2) is 0 Å². The number of piperazine rings is 1.